The molecule has 0 spiro atoms. The molecule has 1 aliphatic carbocycles. The standard InChI is InChI=1S/C30H33N3O4/c34-28(14-19-5-6-20-10-12-37-18-24(20)13-19)33-11-9-21-15-25(8-7-23(21)17-33)31-30(36)27-16-22-3-1-2-4-26(22)29(35)32-27/h1-6,13,16,21,23,25H,7-12,14-15,17-18H2,(H,31,36)(H,32,35). The van der Waals surface area contributed by atoms with E-state index in [-0.39, 0.29) is 23.4 Å². The summed E-state index contributed by atoms with van der Waals surface area (Å²) in [6.45, 7) is 2.98. The molecule has 1 aromatic heterocycles. The van der Waals surface area contributed by atoms with E-state index in [0.29, 0.717) is 35.9 Å². The van der Waals surface area contributed by atoms with E-state index in [4.69, 9.17) is 4.74 Å². The van der Waals surface area contributed by atoms with Gasteiger partial charge >= 0.3 is 0 Å². The highest BCUT2D eigenvalue weighted by molar-refractivity contribution is 5.96. The van der Waals surface area contributed by atoms with Crippen molar-refractivity contribution in [2.24, 2.45) is 11.8 Å². The van der Waals surface area contributed by atoms with Gasteiger partial charge in [0.1, 0.15) is 5.69 Å². The van der Waals surface area contributed by atoms with Crippen molar-refractivity contribution >= 4 is 22.6 Å². The van der Waals surface area contributed by atoms with Crippen molar-refractivity contribution in [3.63, 3.8) is 0 Å². The molecule has 2 fully saturated rings. The van der Waals surface area contributed by atoms with Gasteiger partial charge in [-0.3, -0.25) is 14.4 Å². The zero-order chi connectivity index (χ0) is 25.4. The lowest BCUT2D eigenvalue weighted by atomic mass is 9.73. The lowest BCUT2D eigenvalue weighted by Crippen LogP contribution is -2.49. The van der Waals surface area contributed by atoms with E-state index >= 15 is 0 Å². The van der Waals surface area contributed by atoms with Crippen molar-refractivity contribution in [1.82, 2.24) is 15.2 Å². The predicted molar refractivity (Wildman–Crippen MR) is 141 cm³/mol. The average molecular weight is 500 g/mol. The Morgan fingerprint density at radius 3 is 2.84 bits per heavy atom. The minimum absolute atomic E-state index is 0.0867. The van der Waals surface area contributed by atoms with Crippen LogP contribution in [-0.4, -0.2) is 47.4 Å². The number of hydrogen-bond acceptors (Lipinski definition) is 4. The van der Waals surface area contributed by atoms with Gasteiger partial charge in [0.05, 0.1) is 19.6 Å². The number of aromatic amines is 1. The van der Waals surface area contributed by atoms with Crippen molar-refractivity contribution in [2.45, 2.75) is 51.2 Å². The van der Waals surface area contributed by atoms with E-state index in [1.54, 1.807) is 12.1 Å². The monoisotopic (exact) mass is 499 g/mol. The van der Waals surface area contributed by atoms with Gasteiger partial charge in [-0.2, -0.15) is 0 Å². The van der Waals surface area contributed by atoms with Crippen molar-refractivity contribution in [3.05, 3.63) is 81.3 Å². The molecule has 192 valence electrons. The summed E-state index contributed by atoms with van der Waals surface area (Å²) < 4.78 is 5.57. The van der Waals surface area contributed by atoms with E-state index in [1.807, 2.05) is 23.1 Å². The molecule has 7 nitrogen and oxygen atoms in total. The second-order valence-corrected chi connectivity index (χ2v) is 10.8. The van der Waals surface area contributed by atoms with E-state index < -0.39 is 0 Å². The van der Waals surface area contributed by atoms with Gasteiger partial charge in [0.2, 0.25) is 5.91 Å². The number of rotatable bonds is 4. The van der Waals surface area contributed by atoms with Crippen LogP contribution in [0, 0.1) is 11.8 Å². The van der Waals surface area contributed by atoms with Crippen LogP contribution in [0.15, 0.2) is 53.3 Å². The van der Waals surface area contributed by atoms with Crippen LogP contribution in [0.3, 0.4) is 0 Å². The minimum atomic E-state index is -0.243. The number of fused-ring (bicyclic) bond motifs is 3. The Labute approximate surface area is 216 Å². The number of carbonyl (C=O) groups is 2. The van der Waals surface area contributed by atoms with Crippen LogP contribution in [0.1, 0.15) is 52.9 Å². The third-order valence-electron chi connectivity index (χ3n) is 8.45. The summed E-state index contributed by atoms with van der Waals surface area (Å²) in [6.07, 6.45) is 5.14. The fourth-order valence-corrected chi connectivity index (χ4v) is 6.39. The molecule has 0 radical (unpaired) electrons. The van der Waals surface area contributed by atoms with Crippen molar-refractivity contribution < 1.29 is 14.3 Å². The Bertz CT molecular complexity index is 1400. The molecule has 3 heterocycles. The van der Waals surface area contributed by atoms with E-state index in [0.717, 1.165) is 62.8 Å². The number of pyridine rings is 1. The highest BCUT2D eigenvalue weighted by atomic mass is 16.5. The highest BCUT2D eigenvalue weighted by Crippen LogP contribution is 2.36. The number of H-pyrrole nitrogens is 1. The number of nitrogens with one attached hydrogen (secondary N) is 2. The van der Waals surface area contributed by atoms with Gasteiger partial charge in [0.15, 0.2) is 0 Å². The summed E-state index contributed by atoms with van der Waals surface area (Å²) >= 11 is 0. The molecule has 2 N–H and O–H groups in total. The van der Waals surface area contributed by atoms with Crippen LogP contribution in [0.2, 0.25) is 0 Å². The topological polar surface area (TPSA) is 91.5 Å². The van der Waals surface area contributed by atoms with Crippen LogP contribution in [-0.2, 0) is 29.0 Å². The largest absolute Gasteiger partial charge is 0.376 e. The number of hydrogen-bond donors (Lipinski definition) is 2. The summed E-state index contributed by atoms with van der Waals surface area (Å²) in [6, 6.07) is 15.5. The normalized spacial score (nSPS) is 23.2. The van der Waals surface area contributed by atoms with E-state index in [9.17, 15) is 14.4 Å². The molecule has 2 aromatic carbocycles. The molecule has 2 amide bonds. The van der Waals surface area contributed by atoms with Crippen molar-refractivity contribution in [3.8, 4) is 0 Å². The summed E-state index contributed by atoms with van der Waals surface area (Å²) in [7, 11) is 0. The number of piperidine rings is 1. The third-order valence-corrected chi connectivity index (χ3v) is 8.45. The maximum absolute atomic E-state index is 13.1. The van der Waals surface area contributed by atoms with Gasteiger partial charge in [-0.1, -0.05) is 36.4 Å². The smallest absolute Gasteiger partial charge is 0.268 e. The Morgan fingerprint density at radius 1 is 1.03 bits per heavy atom. The molecule has 3 aliphatic rings. The summed E-state index contributed by atoms with van der Waals surface area (Å²) in [5.74, 6) is 0.947. The zero-order valence-electron chi connectivity index (χ0n) is 21.0. The maximum atomic E-state index is 13.1. The first-order valence-electron chi connectivity index (χ1n) is 13.4. The number of aromatic nitrogens is 1. The zero-order valence-corrected chi connectivity index (χ0v) is 21.0. The number of benzene rings is 2. The minimum Gasteiger partial charge on any atom is -0.376 e. The fourth-order valence-electron chi connectivity index (χ4n) is 6.39. The summed E-state index contributed by atoms with van der Waals surface area (Å²) in [5, 5.41) is 4.50. The molecule has 7 heteroatoms. The van der Waals surface area contributed by atoms with Crippen LogP contribution >= 0.6 is 0 Å². The van der Waals surface area contributed by atoms with Crippen LogP contribution < -0.4 is 10.9 Å². The number of ether oxygens (including phenoxy) is 1. The maximum Gasteiger partial charge on any atom is 0.268 e. The third kappa shape index (κ3) is 5.05. The highest BCUT2D eigenvalue weighted by Gasteiger charge is 2.36. The molecule has 3 atom stereocenters. The molecule has 6 rings (SSSR count). The molecule has 37 heavy (non-hydrogen) atoms. The molecular formula is C30H33N3O4. The SMILES string of the molecule is O=C(NC1CCC2CN(C(=O)Cc3ccc4c(c3)COCC4)CCC2C1)c1cc2ccccc2c(=O)[nH]1. The van der Waals surface area contributed by atoms with Crippen LogP contribution in [0.4, 0.5) is 0 Å². The Kier molecular flexibility index (Phi) is 6.55. The second kappa shape index (κ2) is 10.1. The molecule has 3 unspecified atom stereocenters. The van der Waals surface area contributed by atoms with Gasteiger partial charge in [-0.25, -0.2) is 0 Å². The predicted octanol–water partition coefficient (Wildman–Crippen LogP) is 3.59. The Hall–Kier alpha value is -3.45. The molecular weight excluding hydrogens is 466 g/mol. The van der Waals surface area contributed by atoms with E-state index in [2.05, 4.69) is 28.5 Å². The Balaban J connectivity index is 1.04. The lowest BCUT2D eigenvalue weighted by molar-refractivity contribution is -0.133. The molecule has 0 bridgehead atoms. The lowest BCUT2D eigenvalue weighted by Gasteiger charge is -2.43. The van der Waals surface area contributed by atoms with Gasteiger partial charge in [-0.05, 0) is 78.1 Å². The Morgan fingerprint density at radius 2 is 1.92 bits per heavy atom. The molecule has 1 saturated heterocycles. The molecule has 1 saturated carbocycles. The van der Waals surface area contributed by atoms with Gasteiger partial charge in [0, 0.05) is 24.5 Å². The van der Waals surface area contributed by atoms with Crippen molar-refractivity contribution in [2.75, 3.05) is 19.7 Å². The molecule has 2 aliphatic heterocycles. The van der Waals surface area contributed by atoms with Gasteiger partial charge in [0.25, 0.3) is 11.5 Å². The first-order chi connectivity index (χ1) is 18.0. The first kappa shape index (κ1) is 23.9. The number of nitrogens with zero attached hydrogens (tertiary/aromatic N) is 1. The van der Waals surface area contributed by atoms with Crippen LogP contribution in [0.25, 0.3) is 10.8 Å². The average Bonchev–Trinajstić information content (AvgIpc) is 2.92. The summed E-state index contributed by atoms with van der Waals surface area (Å²) in [5.41, 5.74) is 3.67. The number of carbonyl (C=O) groups excluding carboxylic acids is 2. The second-order valence-electron chi connectivity index (χ2n) is 10.8. The van der Waals surface area contributed by atoms with Crippen molar-refractivity contribution in [1.29, 1.82) is 0 Å². The van der Waals surface area contributed by atoms with E-state index in [1.165, 1.54) is 11.1 Å². The van der Waals surface area contributed by atoms with Crippen LogP contribution in [0.5, 0.6) is 0 Å². The first-order valence-corrected chi connectivity index (χ1v) is 13.4. The fraction of sp³-hybridized carbons (Fsp3) is 0.433. The van der Waals surface area contributed by atoms with Gasteiger partial charge in [-0.15, -0.1) is 0 Å². The molecule has 3 aromatic rings. The summed E-state index contributed by atoms with van der Waals surface area (Å²) in [4.78, 5) is 43.2. The van der Waals surface area contributed by atoms with Gasteiger partial charge < -0.3 is 19.9 Å². The quantitative estimate of drug-likeness (QED) is 0.574. The number of likely N-dealkylation sites (tertiary alicyclic amines) is 1. The number of amides is 2.